The van der Waals surface area contributed by atoms with Crippen molar-refractivity contribution < 1.29 is 23.2 Å². The number of likely N-dealkylation sites (tertiary alicyclic amines) is 1. The Morgan fingerprint density at radius 3 is 2.28 bits per heavy atom. The zero-order valence-electron chi connectivity index (χ0n) is 23.9. The Kier molecular flexibility index (Phi) is 8.27. The van der Waals surface area contributed by atoms with Gasteiger partial charge in [-0.25, -0.2) is 15.0 Å². The van der Waals surface area contributed by atoms with E-state index in [0.717, 1.165) is 22.9 Å². The molecule has 0 spiro atoms. The lowest BCUT2D eigenvalue weighted by molar-refractivity contribution is 0.102. The highest BCUT2D eigenvalue weighted by molar-refractivity contribution is 6.04. The fraction of sp³-hybridized carbons (Fsp3) is 0.250. The number of aliphatic hydroxyl groups excluding tert-OH is 1. The first kappa shape index (κ1) is 28.3. The van der Waals surface area contributed by atoms with Gasteiger partial charge in [-0.2, -0.15) is 0 Å². The maximum absolute atomic E-state index is 12.8. The summed E-state index contributed by atoms with van der Waals surface area (Å²) in [5, 5.41) is 16.3. The van der Waals surface area contributed by atoms with E-state index in [9.17, 15) is 4.79 Å². The lowest BCUT2D eigenvalue weighted by Gasteiger charge is -2.15. The molecule has 43 heavy (non-hydrogen) atoms. The van der Waals surface area contributed by atoms with Gasteiger partial charge in [0.2, 0.25) is 5.88 Å². The Bertz CT molecular complexity index is 1790. The lowest BCUT2D eigenvalue weighted by atomic mass is 10.2. The minimum absolute atomic E-state index is 0.295. The Labute approximate surface area is 247 Å². The number of aliphatic hydroxyl groups is 1. The third-order valence-electron chi connectivity index (χ3n) is 7.29. The molecule has 1 saturated heterocycles. The number of nitrogens with one attached hydrogen (secondary N) is 2. The predicted octanol–water partition coefficient (Wildman–Crippen LogP) is 5.34. The van der Waals surface area contributed by atoms with Gasteiger partial charge in [0, 0.05) is 28.9 Å². The van der Waals surface area contributed by atoms with Crippen molar-refractivity contribution in [2.24, 2.45) is 0 Å². The molecular weight excluding hydrogens is 548 g/mol. The Hall–Kier alpha value is -4.84. The second-order valence-corrected chi connectivity index (χ2v) is 10.3. The molecule has 1 fully saturated rings. The van der Waals surface area contributed by atoms with Gasteiger partial charge in [-0.05, 0) is 51.7 Å². The Morgan fingerprint density at radius 2 is 1.65 bits per heavy atom. The largest absolute Gasteiger partial charge is 0.460 e. The van der Waals surface area contributed by atoms with Gasteiger partial charge in [-0.15, -0.1) is 0 Å². The normalized spacial score (nSPS) is 15.1. The molecule has 7 rings (SSSR count). The number of anilines is 1. The molecule has 4 aromatic heterocycles. The second-order valence-electron chi connectivity index (χ2n) is 10.3. The van der Waals surface area contributed by atoms with Gasteiger partial charge in [0.05, 0.1) is 18.7 Å². The number of amides is 1. The molecule has 0 bridgehead atoms. The standard InChI is InChI=1S/C26H19N5O4.C6H13NO/c1-27-13-22-28-24(31-25(29-22)21-10-15-6-2-4-8-18(15)34-21)20-11-17(14-33-20)26(32)30-23-12-16-7-3-5-9-19(16)35-23;1-7-4-2-3-6(7)5-8/h2-12,14,27H,13H2,1H3,(H,30,32);6,8H,2-5H2,1H3. The van der Waals surface area contributed by atoms with Crippen molar-refractivity contribution in [3.8, 4) is 23.2 Å². The highest BCUT2D eigenvalue weighted by atomic mass is 16.4. The van der Waals surface area contributed by atoms with Gasteiger partial charge in [-0.3, -0.25) is 10.1 Å². The number of nitrogens with zero attached hydrogens (tertiary/aromatic N) is 4. The third-order valence-corrected chi connectivity index (χ3v) is 7.29. The summed E-state index contributed by atoms with van der Waals surface area (Å²) < 4.78 is 17.3. The van der Waals surface area contributed by atoms with E-state index < -0.39 is 0 Å². The van der Waals surface area contributed by atoms with E-state index in [1.165, 1.54) is 19.1 Å². The van der Waals surface area contributed by atoms with Gasteiger partial charge in [0.25, 0.3) is 5.91 Å². The monoisotopic (exact) mass is 580 g/mol. The van der Waals surface area contributed by atoms with Crippen molar-refractivity contribution in [2.45, 2.75) is 25.4 Å². The summed E-state index contributed by atoms with van der Waals surface area (Å²) >= 11 is 0. The summed E-state index contributed by atoms with van der Waals surface area (Å²) in [4.78, 5) is 28.5. The van der Waals surface area contributed by atoms with E-state index in [1.807, 2.05) is 54.6 Å². The third kappa shape index (κ3) is 6.33. The average Bonchev–Trinajstić information content (AvgIpc) is 3.83. The maximum atomic E-state index is 12.8. The Balaban J connectivity index is 0.000000359. The molecule has 1 atom stereocenters. The number of para-hydroxylation sites is 2. The smallest absolute Gasteiger partial charge is 0.261 e. The molecule has 0 saturated carbocycles. The topological polar surface area (TPSA) is 143 Å². The minimum Gasteiger partial charge on any atom is -0.460 e. The van der Waals surface area contributed by atoms with Crippen LogP contribution in [0.5, 0.6) is 0 Å². The van der Waals surface area contributed by atoms with Gasteiger partial charge < -0.3 is 28.6 Å². The summed E-state index contributed by atoms with van der Waals surface area (Å²) in [5.74, 6) is 2.00. The molecule has 5 heterocycles. The molecule has 220 valence electrons. The second kappa shape index (κ2) is 12.6. The van der Waals surface area contributed by atoms with Crippen LogP contribution in [-0.4, -0.2) is 64.2 Å². The number of fused-ring (bicyclic) bond motifs is 2. The highest BCUT2D eigenvalue weighted by Gasteiger charge is 2.20. The summed E-state index contributed by atoms with van der Waals surface area (Å²) in [6, 6.07) is 20.9. The van der Waals surface area contributed by atoms with E-state index >= 15 is 0 Å². The number of rotatable bonds is 7. The van der Waals surface area contributed by atoms with Crippen LogP contribution in [0.2, 0.25) is 0 Å². The molecule has 1 aliphatic rings. The van der Waals surface area contributed by atoms with Gasteiger partial charge in [0.15, 0.2) is 23.2 Å². The first-order valence-electron chi connectivity index (χ1n) is 14.1. The number of hydrogen-bond acceptors (Lipinski definition) is 10. The molecule has 0 radical (unpaired) electrons. The van der Waals surface area contributed by atoms with E-state index in [1.54, 1.807) is 19.2 Å². The predicted molar refractivity (Wildman–Crippen MR) is 162 cm³/mol. The summed E-state index contributed by atoms with van der Waals surface area (Å²) in [5.41, 5.74) is 1.74. The van der Waals surface area contributed by atoms with Crippen LogP contribution in [0.25, 0.3) is 45.1 Å². The molecule has 1 unspecified atom stereocenters. The molecular formula is C32H32N6O5. The summed E-state index contributed by atoms with van der Waals surface area (Å²) in [6.45, 7) is 1.91. The molecule has 3 N–H and O–H groups in total. The number of likely N-dealkylation sites (N-methyl/N-ethyl adjacent to an activating group) is 1. The fourth-order valence-corrected chi connectivity index (χ4v) is 4.98. The van der Waals surface area contributed by atoms with E-state index in [-0.39, 0.29) is 5.91 Å². The van der Waals surface area contributed by atoms with Crippen LogP contribution in [0.1, 0.15) is 29.0 Å². The SMILES string of the molecule is CN1CCCC1CO.CNCc1nc(-c2cc(C(=O)Nc3cc4ccccc4o3)co2)nc(-c2cc3ccccc3o2)n1. The van der Waals surface area contributed by atoms with Crippen LogP contribution in [0.3, 0.4) is 0 Å². The van der Waals surface area contributed by atoms with Crippen LogP contribution in [0.15, 0.2) is 86.2 Å². The quantitative estimate of drug-likeness (QED) is 0.227. The first-order valence-corrected chi connectivity index (χ1v) is 14.1. The van der Waals surface area contributed by atoms with Crippen molar-refractivity contribution in [3.05, 3.63) is 84.4 Å². The van der Waals surface area contributed by atoms with Crippen LogP contribution >= 0.6 is 0 Å². The number of aromatic nitrogens is 3. The van der Waals surface area contributed by atoms with E-state index in [2.05, 4.69) is 37.5 Å². The van der Waals surface area contributed by atoms with Crippen molar-refractivity contribution >= 4 is 33.7 Å². The van der Waals surface area contributed by atoms with Crippen molar-refractivity contribution in [1.29, 1.82) is 0 Å². The summed E-state index contributed by atoms with van der Waals surface area (Å²) in [7, 11) is 3.87. The lowest BCUT2D eigenvalue weighted by Crippen LogP contribution is -2.27. The molecule has 0 aliphatic carbocycles. The first-order chi connectivity index (χ1) is 21.0. The molecule has 11 heteroatoms. The minimum atomic E-state index is -0.374. The van der Waals surface area contributed by atoms with Gasteiger partial charge in [0.1, 0.15) is 23.3 Å². The number of hydrogen-bond donors (Lipinski definition) is 3. The highest BCUT2D eigenvalue weighted by Crippen LogP contribution is 2.28. The number of carbonyl (C=O) groups excluding carboxylic acids is 1. The number of benzene rings is 2. The maximum Gasteiger partial charge on any atom is 0.261 e. The van der Waals surface area contributed by atoms with E-state index in [0.29, 0.717) is 65.2 Å². The van der Waals surface area contributed by atoms with Gasteiger partial charge in [-0.1, -0.05) is 36.4 Å². The fourth-order valence-electron chi connectivity index (χ4n) is 4.98. The number of furan rings is 3. The van der Waals surface area contributed by atoms with Crippen molar-refractivity contribution in [3.63, 3.8) is 0 Å². The van der Waals surface area contributed by atoms with Crippen molar-refractivity contribution in [1.82, 2.24) is 25.2 Å². The van der Waals surface area contributed by atoms with Gasteiger partial charge >= 0.3 is 0 Å². The molecule has 1 aliphatic heterocycles. The molecule has 1 amide bonds. The average molecular weight is 581 g/mol. The summed E-state index contributed by atoms with van der Waals surface area (Å²) in [6.07, 6.45) is 3.78. The van der Waals surface area contributed by atoms with E-state index in [4.69, 9.17) is 18.4 Å². The van der Waals surface area contributed by atoms with Crippen LogP contribution in [-0.2, 0) is 6.54 Å². The molecule has 2 aromatic carbocycles. The van der Waals surface area contributed by atoms with Crippen LogP contribution < -0.4 is 10.6 Å². The number of carbonyl (C=O) groups is 1. The molecule has 11 nitrogen and oxygen atoms in total. The zero-order valence-corrected chi connectivity index (χ0v) is 23.9. The van der Waals surface area contributed by atoms with Crippen LogP contribution in [0.4, 0.5) is 5.88 Å². The zero-order chi connectivity index (χ0) is 29.8. The van der Waals surface area contributed by atoms with Crippen molar-refractivity contribution in [2.75, 3.05) is 32.6 Å². The Morgan fingerprint density at radius 1 is 0.953 bits per heavy atom. The molecule has 6 aromatic rings. The van der Waals surface area contributed by atoms with Crippen LogP contribution in [0, 0.1) is 0 Å².